The van der Waals surface area contributed by atoms with Gasteiger partial charge in [-0.25, -0.2) is 4.98 Å². The van der Waals surface area contributed by atoms with Crippen molar-refractivity contribution in [2.24, 2.45) is 10.9 Å². The van der Waals surface area contributed by atoms with Crippen molar-refractivity contribution in [2.45, 2.75) is 53.0 Å². The maximum atomic E-state index is 4.46. The molecule has 1 saturated heterocycles. The highest BCUT2D eigenvalue weighted by atomic mass is 127. The molecule has 0 aromatic carbocycles. The van der Waals surface area contributed by atoms with Gasteiger partial charge in [-0.05, 0) is 65.1 Å². The topological polar surface area (TPSA) is 52.6 Å². The van der Waals surface area contributed by atoms with Crippen molar-refractivity contribution in [3.05, 3.63) is 15.6 Å². The Morgan fingerprint density at radius 3 is 2.56 bits per heavy atom. The van der Waals surface area contributed by atoms with Crippen molar-refractivity contribution in [1.82, 2.24) is 20.5 Å². The van der Waals surface area contributed by atoms with Gasteiger partial charge in [0.25, 0.3) is 0 Å². The molecule has 0 atom stereocenters. The smallest absolute Gasteiger partial charge is 0.191 e. The first kappa shape index (κ1) is 22.6. The number of likely N-dealkylation sites (tertiary alicyclic amines) is 1. The van der Waals surface area contributed by atoms with Gasteiger partial charge in [0.15, 0.2) is 5.96 Å². The quantitative estimate of drug-likeness (QED) is 0.272. The Hall–Kier alpha value is -0.410. The monoisotopic (exact) mass is 479 g/mol. The van der Waals surface area contributed by atoms with Crippen LogP contribution in [-0.4, -0.2) is 49.1 Å². The molecule has 2 rings (SSSR count). The zero-order valence-corrected chi connectivity index (χ0v) is 19.2. The average Bonchev–Trinajstić information content (AvgIpc) is 2.89. The fourth-order valence-corrected chi connectivity index (χ4v) is 3.95. The molecule has 1 aromatic rings. The number of rotatable bonds is 7. The molecule has 144 valence electrons. The van der Waals surface area contributed by atoms with Crippen LogP contribution >= 0.6 is 35.3 Å². The lowest BCUT2D eigenvalue weighted by Crippen LogP contribution is -2.38. The van der Waals surface area contributed by atoms with E-state index >= 15 is 0 Å². The number of aliphatic imine (C=N–C) groups is 1. The molecule has 2 N–H and O–H groups in total. The summed E-state index contributed by atoms with van der Waals surface area (Å²) in [5.41, 5.74) is 1.12. The Morgan fingerprint density at radius 2 is 1.96 bits per heavy atom. The first-order valence-electron chi connectivity index (χ1n) is 9.18. The van der Waals surface area contributed by atoms with Crippen LogP contribution in [0.5, 0.6) is 0 Å². The highest BCUT2D eigenvalue weighted by Gasteiger charge is 2.14. The lowest BCUT2D eigenvalue weighted by atomic mass is 9.99. The Morgan fingerprint density at radius 1 is 1.24 bits per heavy atom. The molecule has 1 aliphatic rings. The zero-order chi connectivity index (χ0) is 17.4. The second-order valence-corrected chi connectivity index (χ2v) is 8.11. The number of nitrogens with zero attached hydrogens (tertiary/aromatic N) is 3. The second kappa shape index (κ2) is 12.1. The minimum absolute atomic E-state index is 0. The summed E-state index contributed by atoms with van der Waals surface area (Å²) in [4.78, 5) is 12.7. The van der Waals surface area contributed by atoms with Gasteiger partial charge in [0.05, 0.1) is 17.2 Å². The number of nitrogens with one attached hydrogen (secondary N) is 2. The number of hydrogen-bond acceptors (Lipinski definition) is 4. The number of piperidine rings is 1. The van der Waals surface area contributed by atoms with Crippen LogP contribution in [0.25, 0.3) is 0 Å². The van der Waals surface area contributed by atoms with Crippen molar-refractivity contribution >= 4 is 41.3 Å². The van der Waals surface area contributed by atoms with Gasteiger partial charge in [-0.15, -0.1) is 35.3 Å². The summed E-state index contributed by atoms with van der Waals surface area (Å²) in [6.45, 7) is 12.1. The molecule has 0 bridgehead atoms. The van der Waals surface area contributed by atoms with Crippen LogP contribution in [0.2, 0.25) is 0 Å². The summed E-state index contributed by atoms with van der Waals surface area (Å²) in [5, 5.41) is 7.92. The molecule has 0 radical (unpaired) electrons. The van der Waals surface area contributed by atoms with Crippen LogP contribution in [0.3, 0.4) is 0 Å². The number of unbranched alkanes of at least 4 members (excludes halogenated alkanes) is 1. The van der Waals surface area contributed by atoms with Crippen LogP contribution in [0, 0.1) is 19.8 Å². The van der Waals surface area contributed by atoms with Crippen molar-refractivity contribution in [3.63, 3.8) is 0 Å². The van der Waals surface area contributed by atoms with E-state index in [1.54, 1.807) is 11.3 Å². The average molecular weight is 479 g/mol. The highest BCUT2D eigenvalue weighted by molar-refractivity contribution is 14.0. The maximum absolute atomic E-state index is 4.46. The van der Waals surface area contributed by atoms with Crippen molar-refractivity contribution in [1.29, 1.82) is 0 Å². The summed E-state index contributed by atoms with van der Waals surface area (Å²) >= 11 is 1.75. The van der Waals surface area contributed by atoms with E-state index in [-0.39, 0.29) is 24.0 Å². The number of thiazole rings is 1. The number of aromatic nitrogens is 1. The predicted octanol–water partition coefficient (Wildman–Crippen LogP) is 3.56. The van der Waals surface area contributed by atoms with Crippen LogP contribution in [-0.2, 0) is 6.54 Å². The SMILES string of the molecule is CN=C(NCCCCN1CCC(C)CC1)NCc1sc(C)nc1C.I. The maximum Gasteiger partial charge on any atom is 0.191 e. The van der Waals surface area contributed by atoms with Crippen molar-refractivity contribution in [2.75, 3.05) is 33.2 Å². The molecule has 0 amide bonds. The van der Waals surface area contributed by atoms with E-state index in [1.807, 2.05) is 7.05 Å². The molecule has 1 fully saturated rings. The molecule has 0 spiro atoms. The number of halogens is 1. The number of guanidine groups is 1. The minimum Gasteiger partial charge on any atom is -0.356 e. The fraction of sp³-hybridized carbons (Fsp3) is 0.778. The Kier molecular flexibility index (Phi) is 10.9. The van der Waals surface area contributed by atoms with E-state index in [4.69, 9.17) is 0 Å². The minimum atomic E-state index is 0. The van der Waals surface area contributed by atoms with Gasteiger partial charge in [0, 0.05) is 18.5 Å². The Balaban J connectivity index is 0.00000312. The van der Waals surface area contributed by atoms with E-state index in [0.717, 1.165) is 35.7 Å². The van der Waals surface area contributed by atoms with E-state index in [0.29, 0.717) is 0 Å². The van der Waals surface area contributed by atoms with Crippen LogP contribution in [0.15, 0.2) is 4.99 Å². The molecule has 0 unspecified atom stereocenters. The second-order valence-electron chi connectivity index (χ2n) is 6.83. The first-order valence-corrected chi connectivity index (χ1v) is 10.00. The lowest BCUT2D eigenvalue weighted by Gasteiger charge is -2.30. The lowest BCUT2D eigenvalue weighted by molar-refractivity contribution is 0.189. The van der Waals surface area contributed by atoms with Gasteiger partial charge < -0.3 is 15.5 Å². The van der Waals surface area contributed by atoms with Crippen molar-refractivity contribution in [3.8, 4) is 0 Å². The molecule has 0 aliphatic carbocycles. The fourth-order valence-electron chi connectivity index (χ4n) is 3.07. The van der Waals surface area contributed by atoms with Crippen LogP contribution in [0.1, 0.15) is 48.2 Å². The third kappa shape index (κ3) is 8.21. The van der Waals surface area contributed by atoms with E-state index < -0.39 is 0 Å². The summed E-state index contributed by atoms with van der Waals surface area (Å²) in [7, 11) is 1.83. The van der Waals surface area contributed by atoms with Gasteiger partial charge in [-0.2, -0.15) is 0 Å². The molecule has 25 heavy (non-hydrogen) atoms. The largest absolute Gasteiger partial charge is 0.356 e. The molecule has 2 heterocycles. The molecule has 0 saturated carbocycles. The zero-order valence-electron chi connectivity index (χ0n) is 16.1. The summed E-state index contributed by atoms with van der Waals surface area (Å²) in [5.74, 6) is 1.80. The third-order valence-electron chi connectivity index (χ3n) is 4.71. The van der Waals surface area contributed by atoms with Gasteiger partial charge >= 0.3 is 0 Å². The third-order valence-corrected chi connectivity index (χ3v) is 5.78. The molecular weight excluding hydrogens is 445 g/mol. The molecule has 7 heteroatoms. The van der Waals surface area contributed by atoms with Gasteiger partial charge in [-0.1, -0.05) is 6.92 Å². The Labute approximate surface area is 174 Å². The van der Waals surface area contributed by atoms with E-state index in [2.05, 4.69) is 46.3 Å². The Bertz CT molecular complexity index is 524. The molecule has 1 aliphatic heterocycles. The van der Waals surface area contributed by atoms with E-state index in [1.165, 1.54) is 50.2 Å². The molecule has 1 aromatic heterocycles. The predicted molar refractivity (Wildman–Crippen MR) is 119 cm³/mol. The normalized spacial score (nSPS) is 16.6. The first-order chi connectivity index (χ1) is 11.6. The number of aryl methyl sites for hydroxylation is 2. The van der Waals surface area contributed by atoms with Gasteiger partial charge in [0.1, 0.15) is 0 Å². The standard InChI is InChI=1S/C18H33N5S.HI/c1-14-7-11-23(12-8-14)10-6-5-9-20-18(19-4)21-13-17-15(2)22-16(3)24-17;/h14H,5-13H2,1-4H3,(H2,19,20,21);1H. The van der Waals surface area contributed by atoms with E-state index in [9.17, 15) is 0 Å². The summed E-state index contributed by atoms with van der Waals surface area (Å²) < 4.78 is 0. The van der Waals surface area contributed by atoms with Gasteiger partial charge in [0.2, 0.25) is 0 Å². The van der Waals surface area contributed by atoms with Crippen molar-refractivity contribution < 1.29 is 0 Å². The molecular formula is C18H34IN5S. The van der Waals surface area contributed by atoms with Crippen LogP contribution < -0.4 is 10.6 Å². The summed E-state index contributed by atoms with van der Waals surface area (Å²) in [6.07, 6.45) is 5.17. The van der Waals surface area contributed by atoms with Crippen LogP contribution in [0.4, 0.5) is 0 Å². The summed E-state index contributed by atoms with van der Waals surface area (Å²) in [6, 6.07) is 0. The molecule has 5 nitrogen and oxygen atoms in total. The van der Waals surface area contributed by atoms with Gasteiger partial charge in [-0.3, -0.25) is 4.99 Å². The highest BCUT2D eigenvalue weighted by Crippen LogP contribution is 2.17. The number of hydrogen-bond donors (Lipinski definition) is 2.